The molecule has 0 spiro atoms. The minimum Gasteiger partial charge on any atom is -0.310 e. The van der Waals surface area contributed by atoms with E-state index in [1.807, 2.05) is 0 Å². The van der Waals surface area contributed by atoms with E-state index in [4.69, 9.17) is 0 Å². The average molecular weight is 189 g/mol. The van der Waals surface area contributed by atoms with E-state index in [1.54, 1.807) is 5.56 Å². The largest absolute Gasteiger partial charge is 0.310 e. The quantitative estimate of drug-likeness (QED) is 0.769. The van der Waals surface area contributed by atoms with Crippen LogP contribution in [0, 0.1) is 0 Å². The van der Waals surface area contributed by atoms with E-state index in [1.165, 1.54) is 18.4 Å². The SMILES string of the molecule is CCCN[C@@H]1C[C@@H](C)c2ccccc21. The first kappa shape index (κ1) is 9.72. The second kappa shape index (κ2) is 4.14. The Kier molecular flexibility index (Phi) is 2.87. The summed E-state index contributed by atoms with van der Waals surface area (Å²) in [5, 5.41) is 3.62. The van der Waals surface area contributed by atoms with Crippen LogP contribution in [0.1, 0.15) is 49.8 Å². The molecule has 0 unspecified atom stereocenters. The second-order valence-corrected chi connectivity index (χ2v) is 4.27. The van der Waals surface area contributed by atoms with Crippen molar-refractivity contribution in [2.75, 3.05) is 6.54 Å². The molecule has 0 saturated carbocycles. The second-order valence-electron chi connectivity index (χ2n) is 4.27. The van der Waals surface area contributed by atoms with Crippen molar-refractivity contribution in [3.05, 3.63) is 35.4 Å². The highest BCUT2D eigenvalue weighted by atomic mass is 14.9. The summed E-state index contributed by atoms with van der Waals surface area (Å²) < 4.78 is 0. The van der Waals surface area contributed by atoms with Crippen molar-refractivity contribution >= 4 is 0 Å². The molecule has 2 atom stereocenters. The Morgan fingerprint density at radius 3 is 2.71 bits per heavy atom. The van der Waals surface area contributed by atoms with Crippen LogP contribution in [0.3, 0.4) is 0 Å². The van der Waals surface area contributed by atoms with Gasteiger partial charge in [0.2, 0.25) is 0 Å². The predicted octanol–water partition coefficient (Wildman–Crippen LogP) is 3.23. The molecule has 0 heterocycles. The van der Waals surface area contributed by atoms with Crippen molar-refractivity contribution in [1.29, 1.82) is 0 Å². The lowest BCUT2D eigenvalue weighted by atomic mass is 10.0. The molecule has 2 rings (SSSR count). The third-order valence-corrected chi connectivity index (χ3v) is 3.13. The molecule has 0 fully saturated rings. The van der Waals surface area contributed by atoms with Crippen LogP contribution in [0.25, 0.3) is 0 Å². The van der Waals surface area contributed by atoms with Crippen LogP contribution in [0.5, 0.6) is 0 Å². The summed E-state index contributed by atoms with van der Waals surface area (Å²) in [5.74, 6) is 0.723. The molecule has 76 valence electrons. The van der Waals surface area contributed by atoms with Crippen molar-refractivity contribution < 1.29 is 0 Å². The highest BCUT2D eigenvalue weighted by molar-refractivity contribution is 5.37. The van der Waals surface area contributed by atoms with Crippen LogP contribution in [-0.2, 0) is 0 Å². The molecule has 0 radical (unpaired) electrons. The predicted molar refractivity (Wildman–Crippen MR) is 60.5 cm³/mol. The summed E-state index contributed by atoms with van der Waals surface area (Å²) in [5.41, 5.74) is 3.06. The molecular formula is C13H19N. The number of benzene rings is 1. The van der Waals surface area contributed by atoms with E-state index < -0.39 is 0 Å². The minimum absolute atomic E-state index is 0.598. The summed E-state index contributed by atoms with van der Waals surface area (Å²) in [6, 6.07) is 9.44. The van der Waals surface area contributed by atoms with Gasteiger partial charge in [-0.25, -0.2) is 0 Å². The maximum Gasteiger partial charge on any atom is 0.0328 e. The van der Waals surface area contributed by atoms with E-state index in [9.17, 15) is 0 Å². The minimum atomic E-state index is 0.598. The van der Waals surface area contributed by atoms with E-state index >= 15 is 0 Å². The van der Waals surface area contributed by atoms with Gasteiger partial charge in [-0.05, 0) is 36.4 Å². The van der Waals surface area contributed by atoms with Gasteiger partial charge in [0.1, 0.15) is 0 Å². The molecule has 1 nitrogen and oxygen atoms in total. The van der Waals surface area contributed by atoms with Crippen molar-refractivity contribution in [3.8, 4) is 0 Å². The first-order valence-corrected chi connectivity index (χ1v) is 5.65. The Balaban J connectivity index is 2.17. The normalized spacial score (nSPS) is 25.0. The van der Waals surface area contributed by atoms with Crippen LogP contribution in [0.4, 0.5) is 0 Å². The standard InChI is InChI=1S/C13H19N/c1-3-8-14-13-9-10(2)11-6-4-5-7-12(11)13/h4-7,10,13-14H,3,8-9H2,1-2H3/t10-,13-/m1/s1. The maximum atomic E-state index is 3.62. The molecule has 0 amide bonds. The van der Waals surface area contributed by atoms with E-state index in [0.717, 1.165) is 12.5 Å². The monoisotopic (exact) mass is 189 g/mol. The molecule has 1 aliphatic carbocycles. The fraction of sp³-hybridized carbons (Fsp3) is 0.538. The number of fused-ring (bicyclic) bond motifs is 1. The molecule has 0 aliphatic heterocycles. The number of hydrogen-bond donors (Lipinski definition) is 1. The molecule has 1 N–H and O–H groups in total. The first-order valence-electron chi connectivity index (χ1n) is 5.65. The topological polar surface area (TPSA) is 12.0 Å². The molecule has 1 aromatic carbocycles. The van der Waals surface area contributed by atoms with Gasteiger partial charge in [-0.3, -0.25) is 0 Å². The van der Waals surface area contributed by atoms with Gasteiger partial charge in [0, 0.05) is 6.04 Å². The third kappa shape index (κ3) is 1.69. The van der Waals surface area contributed by atoms with Crippen LogP contribution < -0.4 is 5.32 Å². The van der Waals surface area contributed by atoms with Gasteiger partial charge in [0.15, 0.2) is 0 Å². The number of hydrogen-bond acceptors (Lipinski definition) is 1. The Morgan fingerprint density at radius 1 is 1.29 bits per heavy atom. The van der Waals surface area contributed by atoms with Crippen LogP contribution in [-0.4, -0.2) is 6.54 Å². The van der Waals surface area contributed by atoms with Gasteiger partial charge in [-0.1, -0.05) is 38.1 Å². The lowest BCUT2D eigenvalue weighted by Gasteiger charge is -2.12. The zero-order valence-electron chi connectivity index (χ0n) is 9.09. The lowest BCUT2D eigenvalue weighted by Crippen LogP contribution is -2.19. The number of nitrogens with one attached hydrogen (secondary N) is 1. The number of rotatable bonds is 3. The van der Waals surface area contributed by atoms with Crippen molar-refractivity contribution in [3.63, 3.8) is 0 Å². The highest BCUT2D eigenvalue weighted by Gasteiger charge is 2.26. The summed E-state index contributed by atoms with van der Waals surface area (Å²) in [4.78, 5) is 0. The van der Waals surface area contributed by atoms with Gasteiger partial charge in [0.05, 0.1) is 0 Å². The van der Waals surface area contributed by atoms with E-state index in [2.05, 4.69) is 43.4 Å². The molecule has 14 heavy (non-hydrogen) atoms. The molecule has 0 aromatic heterocycles. The Hall–Kier alpha value is -0.820. The molecule has 1 aromatic rings. The van der Waals surface area contributed by atoms with E-state index in [-0.39, 0.29) is 0 Å². The van der Waals surface area contributed by atoms with Crippen molar-refractivity contribution in [1.82, 2.24) is 5.32 Å². The molecular weight excluding hydrogens is 170 g/mol. The van der Waals surface area contributed by atoms with Crippen LogP contribution >= 0.6 is 0 Å². The summed E-state index contributed by atoms with van der Waals surface area (Å²) >= 11 is 0. The van der Waals surface area contributed by atoms with Gasteiger partial charge in [-0.2, -0.15) is 0 Å². The maximum absolute atomic E-state index is 3.62. The zero-order valence-corrected chi connectivity index (χ0v) is 9.09. The van der Waals surface area contributed by atoms with Gasteiger partial charge in [0.25, 0.3) is 0 Å². The molecule has 1 aliphatic rings. The Morgan fingerprint density at radius 2 is 2.00 bits per heavy atom. The molecule has 0 saturated heterocycles. The fourth-order valence-electron chi connectivity index (χ4n) is 2.40. The fourth-order valence-corrected chi connectivity index (χ4v) is 2.40. The smallest absolute Gasteiger partial charge is 0.0328 e. The summed E-state index contributed by atoms with van der Waals surface area (Å²) in [7, 11) is 0. The first-order chi connectivity index (χ1) is 6.83. The van der Waals surface area contributed by atoms with E-state index in [0.29, 0.717) is 6.04 Å². The van der Waals surface area contributed by atoms with Gasteiger partial charge in [-0.15, -0.1) is 0 Å². The lowest BCUT2D eigenvalue weighted by molar-refractivity contribution is 0.505. The van der Waals surface area contributed by atoms with Gasteiger partial charge < -0.3 is 5.32 Å². The van der Waals surface area contributed by atoms with Crippen molar-refractivity contribution in [2.24, 2.45) is 0 Å². The van der Waals surface area contributed by atoms with Gasteiger partial charge >= 0.3 is 0 Å². The molecule has 0 bridgehead atoms. The third-order valence-electron chi connectivity index (χ3n) is 3.13. The zero-order chi connectivity index (χ0) is 9.97. The average Bonchev–Trinajstić information content (AvgIpc) is 2.54. The van der Waals surface area contributed by atoms with Crippen molar-refractivity contribution in [2.45, 2.75) is 38.6 Å². The molecule has 1 heteroatoms. The summed E-state index contributed by atoms with van der Waals surface area (Å²) in [6.07, 6.45) is 2.48. The summed E-state index contributed by atoms with van der Waals surface area (Å²) in [6.45, 7) is 5.68. The Labute approximate surface area is 86.5 Å². The van der Waals surface area contributed by atoms with Crippen LogP contribution in [0.15, 0.2) is 24.3 Å². The Bertz CT molecular complexity index is 306. The highest BCUT2D eigenvalue weighted by Crippen LogP contribution is 2.39. The van der Waals surface area contributed by atoms with Crippen LogP contribution in [0.2, 0.25) is 0 Å².